The molecule has 6 nitrogen and oxygen atoms in total. The van der Waals surface area contributed by atoms with Gasteiger partial charge in [-0.1, -0.05) is 6.07 Å². The number of benzene rings is 1. The highest BCUT2D eigenvalue weighted by molar-refractivity contribution is 5.88. The minimum atomic E-state index is -0.978. The Kier molecular flexibility index (Phi) is 5.70. The number of rotatable bonds is 4. The van der Waals surface area contributed by atoms with Gasteiger partial charge in [0, 0.05) is 19.0 Å². The van der Waals surface area contributed by atoms with Crippen LogP contribution >= 0.6 is 0 Å². The molecule has 0 unspecified atom stereocenters. The maximum atomic E-state index is 12.2. The van der Waals surface area contributed by atoms with Gasteiger partial charge in [-0.2, -0.15) is 0 Å². The van der Waals surface area contributed by atoms with E-state index in [0.29, 0.717) is 25.4 Å². The molecule has 0 spiro atoms. The summed E-state index contributed by atoms with van der Waals surface area (Å²) in [6.45, 7) is 7.29. The number of ether oxygens (including phenoxy) is 2. The Morgan fingerprint density at radius 2 is 2.08 bits per heavy atom. The molecule has 1 aliphatic rings. The molecule has 132 valence electrons. The molecule has 1 aliphatic heterocycles. The Balaban J connectivity index is 1.88. The number of hydrogen-bond donors (Lipinski definition) is 1. The SMILES string of the molecule is CC(C)(C)OC(=O)N1CCC[C@@H](COc2cccc(C(=O)O)c2)C1. The van der Waals surface area contributed by atoms with Crippen molar-refractivity contribution in [1.29, 1.82) is 0 Å². The van der Waals surface area contributed by atoms with Crippen molar-refractivity contribution >= 4 is 12.1 Å². The number of carboxylic acid groups (broad SMARTS) is 1. The van der Waals surface area contributed by atoms with Crippen molar-refractivity contribution in [3.8, 4) is 5.75 Å². The summed E-state index contributed by atoms with van der Waals surface area (Å²) in [5, 5.41) is 9.00. The van der Waals surface area contributed by atoms with E-state index in [9.17, 15) is 9.59 Å². The molecule has 1 heterocycles. The topological polar surface area (TPSA) is 76.1 Å². The monoisotopic (exact) mass is 335 g/mol. The number of amides is 1. The largest absolute Gasteiger partial charge is 0.493 e. The zero-order chi connectivity index (χ0) is 17.7. The van der Waals surface area contributed by atoms with Gasteiger partial charge >= 0.3 is 12.1 Å². The van der Waals surface area contributed by atoms with Crippen molar-refractivity contribution in [2.45, 2.75) is 39.2 Å². The molecule has 6 heteroatoms. The van der Waals surface area contributed by atoms with Crippen LogP contribution in [0, 0.1) is 5.92 Å². The summed E-state index contributed by atoms with van der Waals surface area (Å²) >= 11 is 0. The summed E-state index contributed by atoms with van der Waals surface area (Å²) in [5.74, 6) is -0.238. The molecule has 0 radical (unpaired) electrons. The highest BCUT2D eigenvalue weighted by atomic mass is 16.6. The lowest BCUT2D eigenvalue weighted by atomic mass is 9.99. The first kappa shape index (κ1) is 18.1. The molecule has 0 bridgehead atoms. The summed E-state index contributed by atoms with van der Waals surface area (Å²) < 4.78 is 11.1. The Morgan fingerprint density at radius 3 is 2.75 bits per heavy atom. The molecule has 1 atom stereocenters. The standard InChI is InChI=1S/C18H25NO5/c1-18(2,3)24-17(22)19-9-5-6-13(11-19)12-23-15-8-4-7-14(10-15)16(20)21/h4,7-8,10,13H,5-6,9,11-12H2,1-3H3,(H,20,21)/t13-/m1/s1. The van der Waals surface area contributed by atoms with Gasteiger partial charge in [-0.15, -0.1) is 0 Å². The van der Waals surface area contributed by atoms with E-state index in [1.54, 1.807) is 17.0 Å². The summed E-state index contributed by atoms with van der Waals surface area (Å²) in [6.07, 6.45) is 1.58. The molecule has 24 heavy (non-hydrogen) atoms. The van der Waals surface area contributed by atoms with Crippen LogP contribution in [0.4, 0.5) is 4.79 Å². The fourth-order valence-electron chi connectivity index (χ4n) is 2.63. The molecule has 1 saturated heterocycles. The highest BCUT2D eigenvalue weighted by Crippen LogP contribution is 2.21. The molecule has 1 N–H and O–H groups in total. The summed E-state index contributed by atoms with van der Waals surface area (Å²) in [6, 6.07) is 6.43. The molecule has 1 fully saturated rings. The van der Waals surface area contributed by atoms with Crippen LogP contribution in [0.3, 0.4) is 0 Å². The fraction of sp³-hybridized carbons (Fsp3) is 0.556. The summed E-state index contributed by atoms with van der Waals surface area (Å²) in [5.41, 5.74) is -0.302. The van der Waals surface area contributed by atoms with Crippen LogP contribution in [0.1, 0.15) is 44.0 Å². The Hall–Kier alpha value is -2.24. The van der Waals surface area contributed by atoms with Crippen LogP contribution < -0.4 is 4.74 Å². The van der Waals surface area contributed by atoms with Gasteiger partial charge < -0.3 is 19.5 Å². The number of likely N-dealkylation sites (tertiary alicyclic amines) is 1. The van der Waals surface area contributed by atoms with E-state index in [1.807, 2.05) is 20.8 Å². The van der Waals surface area contributed by atoms with Gasteiger partial charge in [-0.3, -0.25) is 0 Å². The average molecular weight is 335 g/mol. The van der Waals surface area contributed by atoms with Crippen molar-refractivity contribution in [3.63, 3.8) is 0 Å². The van der Waals surface area contributed by atoms with Gasteiger partial charge in [0.05, 0.1) is 12.2 Å². The Bertz CT molecular complexity index is 593. The lowest BCUT2D eigenvalue weighted by Gasteiger charge is -2.34. The van der Waals surface area contributed by atoms with Crippen molar-refractivity contribution in [2.24, 2.45) is 5.92 Å². The lowest BCUT2D eigenvalue weighted by molar-refractivity contribution is 0.0139. The summed E-state index contributed by atoms with van der Waals surface area (Å²) in [7, 11) is 0. The smallest absolute Gasteiger partial charge is 0.410 e. The third kappa shape index (κ3) is 5.44. The maximum absolute atomic E-state index is 12.2. The van der Waals surface area contributed by atoms with E-state index in [4.69, 9.17) is 14.6 Å². The number of carbonyl (C=O) groups is 2. The van der Waals surface area contributed by atoms with E-state index in [2.05, 4.69) is 0 Å². The molecule has 1 aromatic rings. The highest BCUT2D eigenvalue weighted by Gasteiger charge is 2.27. The number of carboxylic acids is 1. The van der Waals surface area contributed by atoms with Crippen LogP contribution in [0.25, 0.3) is 0 Å². The summed E-state index contributed by atoms with van der Waals surface area (Å²) in [4.78, 5) is 24.8. The van der Waals surface area contributed by atoms with Gasteiger partial charge in [-0.25, -0.2) is 9.59 Å². The van der Waals surface area contributed by atoms with Crippen molar-refractivity contribution in [1.82, 2.24) is 4.90 Å². The molecular formula is C18H25NO5. The van der Waals surface area contributed by atoms with Crippen LogP contribution in [0.5, 0.6) is 5.75 Å². The third-order valence-electron chi connectivity index (χ3n) is 3.74. The zero-order valence-corrected chi connectivity index (χ0v) is 14.4. The minimum Gasteiger partial charge on any atom is -0.493 e. The van der Waals surface area contributed by atoms with Gasteiger partial charge in [-0.05, 0) is 51.8 Å². The quantitative estimate of drug-likeness (QED) is 0.912. The molecule has 2 rings (SSSR count). The first-order valence-electron chi connectivity index (χ1n) is 8.19. The van der Waals surface area contributed by atoms with Crippen molar-refractivity contribution in [3.05, 3.63) is 29.8 Å². The second-order valence-corrected chi connectivity index (χ2v) is 7.08. The van der Waals surface area contributed by atoms with Crippen LogP contribution in [-0.2, 0) is 4.74 Å². The first-order valence-corrected chi connectivity index (χ1v) is 8.19. The Morgan fingerprint density at radius 1 is 1.33 bits per heavy atom. The van der Waals surface area contributed by atoms with E-state index in [-0.39, 0.29) is 17.6 Å². The fourth-order valence-corrected chi connectivity index (χ4v) is 2.63. The molecule has 0 aromatic heterocycles. The predicted molar refractivity (Wildman–Crippen MR) is 89.4 cm³/mol. The number of hydrogen-bond acceptors (Lipinski definition) is 4. The predicted octanol–water partition coefficient (Wildman–Crippen LogP) is 3.41. The second-order valence-electron chi connectivity index (χ2n) is 7.08. The number of aromatic carboxylic acids is 1. The van der Waals surface area contributed by atoms with Crippen molar-refractivity contribution in [2.75, 3.05) is 19.7 Å². The van der Waals surface area contributed by atoms with Crippen LogP contribution in [0.15, 0.2) is 24.3 Å². The van der Waals surface area contributed by atoms with E-state index in [1.165, 1.54) is 12.1 Å². The van der Waals surface area contributed by atoms with Gasteiger partial charge in [0.1, 0.15) is 11.4 Å². The zero-order valence-electron chi connectivity index (χ0n) is 14.4. The minimum absolute atomic E-state index is 0.200. The van der Waals surface area contributed by atoms with E-state index in [0.717, 1.165) is 12.8 Å². The molecule has 1 amide bonds. The normalized spacial score (nSPS) is 18.1. The third-order valence-corrected chi connectivity index (χ3v) is 3.74. The molecular weight excluding hydrogens is 310 g/mol. The van der Waals surface area contributed by atoms with E-state index >= 15 is 0 Å². The van der Waals surface area contributed by atoms with Crippen LogP contribution in [0.2, 0.25) is 0 Å². The Labute approximate surface area is 142 Å². The van der Waals surface area contributed by atoms with Crippen molar-refractivity contribution < 1.29 is 24.2 Å². The molecule has 0 saturated carbocycles. The maximum Gasteiger partial charge on any atom is 0.410 e. The first-order chi connectivity index (χ1) is 11.2. The molecule has 0 aliphatic carbocycles. The number of piperidine rings is 1. The second kappa shape index (κ2) is 7.55. The van der Waals surface area contributed by atoms with Gasteiger partial charge in [0.15, 0.2) is 0 Å². The average Bonchev–Trinajstić information content (AvgIpc) is 2.52. The van der Waals surface area contributed by atoms with Gasteiger partial charge in [0.2, 0.25) is 0 Å². The van der Waals surface area contributed by atoms with Crippen LogP contribution in [-0.4, -0.2) is 47.4 Å². The molecule has 1 aromatic carbocycles. The lowest BCUT2D eigenvalue weighted by Crippen LogP contribution is -2.44. The number of carbonyl (C=O) groups excluding carboxylic acids is 1. The van der Waals surface area contributed by atoms with E-state index < -0.39 is 11.6 Å². The number of nitrogens with zero attached hydrogens (tertiary/aromatic N) is 1. The van der Waals surface area contributed by atoms with Gasteiger partial charge in [0.25, 0.3) is 0 Å².